The summed E-state index contributed by atoms with van der Waals surface area (Å²) in [7, 11) is 1.85. The second kappa shape index (κ2) is 5.44. The van der Waals surface area contributed by atoms with Crippen molar-refractivity contribution in [2.24, 2.45) is 7.05 Å². The number of aromatic nitrogens is 1. The number of nitrogens with zero attached hydrogens (tertiary/aromatic N) is 1. The van der Waals surface area contributed by atoms with Crippen molar-refractivity contribution in [3.8, 4) is 0 Å². The Labute approximate surface area is 128 Å². The van der Waals surface area contributed by atoms with Gasteiger partial charge in [0.15, 0.2) is 0 Å². The Morgan fingerprint density at radius 2 is 2.11 bits per heavy atom. The van der Waals surface area contributed by atoms with Crippen LogP contribution in [0.2, 0.25) is 0 Å². The Balaban J connectivity index is 2.21. The molecule has 2 rings (SSSR count). The van der Waals surface area contributed by atoms with Gasteiger partial charge in [0.05, 0.1) is 0 Å². The first kappa shape index (κ1) is 13.6. The van der Waals surface area contributed by atoms with Crippen LogP contribution in [0.25, 0.3) is 0 Å². The van der Waals surface area contributed by atoms with Gasteiger partial charge in [-0.15, -0.1) is 0 Å². The van der Waals surface area contributed by atoms with E-state index in [2.05, 4.69) is 43.8 Å². The average Bonchev–Trinajstić information content (AvgIpc) is 2.63. The summed E-state index contributed by atoms with van der Waals surface area (Å²) in [6.07, 6.45) is 1.85. The topological polar surface area (TPSA) is 34.0 Å². The number of aryl methyl sites for hydroxylation is 2. The molecule has 0 saturated heterocycles. The molecule has 0 spiro atoms. The predicted octanol–water partition coefficient (Wildman–Crippen LogP) is 3.95. The van der Waals surface area contributed by atoms with E-state index < -0.39 is 0 Å². The van der Waals surface area contributed by atoms with Gasteiger partial charge in [-0.25, -0.2) is 0 Å². The zero-order chi connectivity index (χ0) is 13.3. The molecular formula is C13H12BrIN2O. The van der Waals surface area contributed by atoms with Gasteiger partial charge in [-0.3, -0.25) is 4.79 Å². The molecule has 0 aliphatic rings. The molecule has 0 aliphatic carbocycles. The summed E-state index contributed by atoms with van der Waals surface area (Å²) in [4.78, 5) is 12.1. The maximum Gasteiger partial charge on any atom is 0.272 e. The molecule has 0 fully saturated rings. The second-order valence-corrected chi connectivity index (χ2v) is 6.15. The van der Waals surface area contributed by atoms with Crippen molar-refractivity contribution in [2.45, 2.75) is 6.92 Å². The van der Waals surface area contributed by atoms with Crippen molar-refractivity contribution in [3.05, 3.63) is 49.8 Å². The molecule has 0 saturated carbocycles. The largest absolute Gasteiger partial charge is 0.345 e. The first-order valence-corrected chi connectivity index (χ1v) is 7.24. The number of halogens is 2. The number of rotatable bonds is 2. The lowest BCUT2D eigenvalue weighted by Gasteiger charge is -2.07. The molecule has 1 aromatic heterocycles. The summed E-state index contributed by atoms with van der Waals surface area (Å²) >= 11 is 5.61. The molecule has 0 bridgehead atoms. The Morgan fingerprint density at radius 3 is 2.67 bits per heavy atom. The first-order chi connectivity index (χ1) is 8.47. The lowest BCUT2D eigenvalue weighted by molar-refractivity contribution is 0.101. The minimum absolute atomic E-state index is 0.108. The van der Waals surface area contributed by atoms with E-state index >= 15 is 0 Å². The number of hydrogen-bond acceptors (Lipinski definition) is 1. The highest BCUT2D eigenvalue weighted by molar-refractivity contribution is 14.1. The van der Waals surface area contributed by atoms with E-state index in [0.717, 1.165) is 13.7 Å². The Bertz CT molecular complexity index is 607. The van der Waals surface area contributed by atoms with Crippen LogP contribution >= 0.6 is 38.5 Å². The number of carbonyl (C=O) groups is 1. The van der Waals surface area contributed by atoms with Gasteiger partial charge < -0.3 is 9.88 Å². The maximum atomic E-state index is 12.1. The Hall–Kier alpha value is -0.820. The molecule has 1 aromatic carbocycles. The van der Waals surface area contributed by atoms with Gasteiger partial charge >= 0.3 is 0 Å². The van der Waals surface area contributed by atoms with Crippen molar-refractivity contribution in [2.75, 3.05) is 5.32 Å². The molecular weight excluding hydrogens is 407 g/mol. The van der Waals surface area contributed by atoms with E-state index in [1.54, 1.807) is 10.6 Å². The molecule has 0 unspecified atom stereocenters. The van der Waals surface area contributed by atoms with Crippen LogP contribution < -0.4 is 5.32 Å². The molecule has 5 heteroatoms. The molecule has 3 nitrogen and oxygen atoms in total. The summed E-state index contributed by atoms with van der Waals surface area (Å²) in [5, 5.41) is 2.90. The minimum atomic E-state index is -0.108. The normalized spacial score (nSPS) is 10.4. The van der Waals surface area contributed by atoms with Crippen molar-refractivity contribution >= 4 is 50.1 Å². The minimum Gasteiger partial charge on any atom is -0.345 e. The number of hydrogen-bond donors (Lipinski definition) is 1. The van der Waals surface area contributed by atoms with Crippen molar-refractivity contribution < 1.29 is 4.79 Å². The van der Waals surface area contributed by atoms with E-state index in [1.807, 2.05) is 38.4 Å². The SMILES string of the molecule is Cc1ccc(NC(=O)c2cc(Br)cn2C)cc1I. The first-order valence-electron chi connectivity index (χ1n) is 5.37. The van der Waals surface area contributed by atoms with Gasteiger partial charge in [-0.05, 0) is 69.2 Å². The van der Waals surface area contributed by atoms with Crippen LogP contribution in [-0.2, 0) is 7.05 Å². The highest BCUT2D eigenvalue weighted by atomic mass is 127. The number of benzene rings is 1. The third-order valence-corrected chi connectivity index (χ3v) is 4.23. The van der Waals surface area contributed by atoms with E-state index in [0.29, 0.717) is 5.69 Å². The van der Waals surface area contributed by atoms with E-state index in [9.17, 15) is 4.79 Å². The second-order valence-electron chi connectivity index (χ2n) is 4.07. The molecule has 2 aromatic rings. The lowest BCUT2D eigenvalue weighted by atomic mass is 10.2. The van der Waals surface area contributed by atoms with Gasteiger partial charge in [-0.1, -0.05) is 6.07 Å². The van der Waals surface area contributed by atoms with Crippen molar-refractivity contribution in [1.29, 1.82) is 0 Å². The number of anilines is 1. The molecule has 0 atom stereocenters. The average molecular weight is 419 g/mol. The summed E-state index contributed by atoms with van der Waals surface area (Å²) in [5.41, 5.74) is 2.64. The highest BCUT2D eigenvalue weighted by Gasteiger charge is 2.11. The Morgan fingerprint density at radius 1 is 1.39 bits per heavy atom. The smallest absolute Gasteiger partial charge is 0.272 e. The predicted molar refractivity (Wildman–Crippen MR) is 85.0 cm³/mol. The fraction of sp³-hybridized carbons (Fsp3) is 0.154. The zero-order valence-corrected chi connectivity index (χ0v) is 13.7. The lowest BCUT2D eigenvalue weighted by Crippen LogP contribution is -2.15. The third kappa shape index (κ3) is 2.95. The number of nitrogens with one attached hydrogen (secondary N) is 1. The number of carbonyl (C=O) groups excluding carboxylic acids is 1. The van der Waals surface area contributed by atoms with Crippen LogP contribution in [0.3, 0.4) is 0 Å². The molecule has 18 heavy (non-hydrogen) atoms. The van der Waals surface area contributed by atoms with Crippen molar-refractivity contribution in [1.82, 2.24) is 4.57 Å². The van der Waals surface area contributed by atoms with E-state index in [4.69, 9.17) is 0 Å². The van der Waals surface area contributed by atoms with Crippen LogP contribution in [-0.4, -0.2) is 10.5 Å². The third-order valence-electron chi connectivity index (χ3n) is 2.63. The van der Waals surface area contributed by atoms with Gasteiger partial charge in [0, 0.05) is 27.0 Å². The standard InChI is InChI=1S/C13H12BrIN2O/c1-8-3-4-10(6-11(8)15)16-13(18)12-5-9(14)7-17(12)2/h3-7H,1-2H3,(H,16,18). The fourth-order valence-corrected chi connectivity index (χ4v) is 2.65. The number of amides is 1. The molecule has 1 heterocycles. The van der Waals surface area contributed by atoms with E-state index in [1.165, 1.54) is 5.56 Å². The van der Waals surface area contributed by atoms with E-state index in [-0.39, 0.29) is 5.91 Å². The molecule has 1 amide bonds. The summed E-state index contributed by atoms with van der Waals surface area (Å²) < 4.78 is 3.82. The monoisotopic (exact) mass is 418 g/mol. The Kier molecular flexibility index (Phi) is 4.11. The summed E-state index contributed by atoms with van der Waals surface area (Å²) in [6, 6.07) is 7.67. The zero-order valence-electron chi connectivity index (χ0n) is 10.00. The van der Waals surface area contributed by atoms with Crippen LogP contribution in [0.4, 0.5) is 5.69 Å². The molecule has 94 valence electrons. The molecule has 1 N–H and O–H groups in total. The van der Waals surface area contributed by atoms with Crippen LogP contribution in [0.15, 0.2) is 34.9 Å². The van der Waals surface area contributed by atoms with Crippen LogP contribution in [0, 0.1) is 10.5 Å². The quantitative estimate of drug-likeness (QED) is 0.736. The molecule has 0 radical (unpaired) electrons. The van der Waals surface area contributed by atoms with Gasteiger partial charge in [-0.2, -0.15) is 0 Å². The van der Waals surface area contributed by atoms with Crippen LogP contribution in [0.5, 0.6) is 0 Å². The summed E-state index contributed by atoms with van der Waals surface area (Å²) in [6.45, 7) is 2.04. The maximum absolute atomic E-state index is 12.1. The highest BCUT2D eigenvalue weighted by Crippen LogP contribution is 2.19. The molecule has 0 aliphatic heterocycles. The van der Waals surface area contributed by atoms with Gasteiger partial charge in [0.2, 0.25) is 0 Å². The summed E-state index contributed by atoms with van der Waals surface area (Å²) in [5.74, 6) is -0.108. The van der Waals surface area contributed by atoms with Crippen molar-refractivity contribution in [3.63, 3.8) is 0 Å². The van der Waals surface area contributed by atoms with Crippen LogP contribution in [0.1, 0.15) is 16.1 Å². The van der Waals surface area contributed by atoms with Gasteiger partial charge in [0.25, 0.3) is 5.91 Å². The fourth-order valence-electron chi connectivity index (χ4n) is 1.62. The van der Waals surface area contributed by atoms with Gasteiger partial charge in [0.1, 0.15) is 5.69 Å².